The van der Waals surface area contributed by atoms with Gasteiger partial charge in [0.25, 0.3) is 0 Å². The Morgan fingerprint density at radius 3 is 2.46 bits per heavy atom. The summed E-state index contributed by atoms with van der Waals surface area (Å²) in [7, 11) is 0. The molecule has 2 amide bonds. The minimum atomic E-state index is -0.379. The SMILES string of the molecule is C=COC(=O)N1CCCN(CC(=O)Nc2c(CC)cccc2CC)CC1. The lowest BCUT2D eigenvalue weighted by molar-refractivity contribution is -0.117. The van der Waals surface area contributed by atoms with Gasteiger partial charge in [0, 0.05) is 31.9 Å². The highest BCUT2D eigenvalue weighted by molar-refractivity contribution is 5.93. The van der Waals surface area contributed by atoms with Crippen LogP contribution in [0.3, 0.4) is 0 Å². The maximum atomic E-state index is 12.6. The fourth-order valence-electron chi connectivity index (χ4n) is 3.24. The Kier molecular flexibility index (Phi) is 7.66. The van der Waals surface area contributed by atoms with E-state index in [4.69, 9.17) is 4.74 Å². The molecule has 26 heavy (non-hydrogen) atoms. The summed E-state index contributed by atoms with van der Waals surface area (Å²) in [6.07, 6.45) is 3.34. The lowest BCUT2D eigenvalue weighted by Crippen LogP contribution is -2.38. The van der Waals surface area contributed by atoms with Crippen molar-refractivity contribution in [2.75, 3.05) is 38.0 Å². The number of nitrogens with zero attached hydrogens (tertiary/aromatic N) is 2. The number of carbonyl (C=O) groups is 2. The average molecular weight is 359 g/mol. The molecule has 1 fully saturated rings. The second-order valence-corrected chi connectivity index (χ2v) is 6.37. The third-order valence-electron chi connectivity index (χ3n) is 4.66. The van der Waals surface area contributed by atoms with Gasteiger partial charge in [0.1, 0.15) is 0 Å². The smallest absolute Gasteiger partial charge is 0.414 e. The number of aryl methyl sites for hydroxylation is 2. The van der Waals surface area contributed by atoms with Crippen molar-refractivity contribution < 1.29 is 14.3 Å². The van der Waals surface area contributed by atoms with Crippen LogP contribution in [-0.2, 0) is 22.4 Å². The summed E-state index contributed by atoms with van der Waals surface area (Å²) in [6.45, 7) is 10.5. The van der Waals surface area contributed by atoms with Crippen molar-refractivity contribution in [2.45, 2.75) is 33.1 Å². The third-order valence-corrected chi connectivity index (χ3v) is 4.66. The van der Waals surface area contributed by atoms with Crippen molar-refractivity contribution >= 4 is 17.7 Å². The van der Waals surface area contributed by atoms with Crippen molar-refractivity contribution in [2.24, 2.45) is 0 Å². The Labute approximate surface area is 155 Å². The van der Waals surface area contributed by atoms with Gasteiger partial charge in [0.15, 0.2) is 0 Å². The van der Waals surface area contributed by atoms with Crippen molar-refractivity contribution in [1.82, 2.24) is 9.80 Å². The Morgan fingerprint density at radius 2 is 1.85 bits per heavy atom. The van der Waals surface area contributed by atoms with Gasteiger partial charge >= 0.3 is 6.09 Å². The fourth-order valence-corrected chi connectivity index (χ4v) is 3.24. The van der Waals surface area contributed by atoms with Crippen LogP contribution in [0.2, 0.25) is 0 Å². The molecule has 2 rings (SSSR count). The molecule has 1 aromatic rings. The first-order valence-electron chi connectivity index (χ1n) is 9.28. The van der Waals surface area contributed by atoms with Gasteiger partial charge in [-0.05, 0) is 30.4 Å². The third kappa shape index (κ3) is 5.33. The van der Waals surface area contributed by atoms with E-state index >= 15 is 0 Å². The minimum absolute atomic E-state index is 0.0114. The number of ether oxygens (including phenoxy) is 1. The van der Waals surface area contributed by atoms with Gasteiger partial charge in [-0.25, -0.2) is 4.79 Å². The molecule has 0 bridgehead atoms. The molecule has 1 aliphatic heterocycles. The zero-order valence-corrected chi connectivity index (χ0v) is 15.8. The Bertz CT molecular complexity index is 623. The summed E-state index contributed by atoms with van der Waals surface area (Å²) < 4.78 is 4.84. The fraction of sp³-hybridized carbons (Fsp3) is 0.500. The van der Waals surface area contributed by atoms with Crippen LogP contribution < -0.4 is 5.32 Å². The molecule has 1 saturated heterocycles. The number of anilines is 1. The van der Waals surface area contributed by atoms with Gasteiger partial charge in [-0.1, -0.05) is 38.6 Å². The van der Waals surface area contributed by atoms with Crippen LogP contribution in [0, 0.1) is 0 Å². The summed E-state index contributed by atoms with van der Waals surface area (Å²) in [5, 5.41) is 3.10. The minimum Gasteiger partial charge on any atom is -0.419 e. The van der Waals surface area contributed by atoms with E-state index in [2.05, 4.69) is 42.8 Å². The summed E-state index contributed by atoms with van der Waals surface area (Å²) in [4.78, 5) is 28.1. The number of carbonyl (C=O) groups excluding carboxylic acids is 2. The number of nitrogens with one attached hydrogen (secondary N) is 1. The Hall–Kier alpha value is -2.34. The van der Waals surface area contributed by atoms with Crippen LogP contribution in [0.1, 0.15) is 31.4 Å². The molecule has 0 aliphatic carbocycles. The summed E-state index contributed by atoms with van der Waals surface area (Å²) >= 11 is 0. The quantitative estimate of drug-likeness (QED) is 0.793. The van der Waals surface area contributed by atoms with Crippen molar-refractivity contribution in [3.8, 4) is 0 Å². The molecule has 0 aromatic heterocycles. The number of para-hydroxylation sites is 1. The predicted octanol–water partition coefficient (Wildman–Crippen LogP) is 3.04. The second-order valence-electron chi connectivity index (χ2n) is 6.37. The molecular weight excluding hydrogens is 330 g/mol. The summed E-state index contributed by atoms with van der Waals surface area (Å²) in [6, 6.07) is 6.16. The molecule has 1 aliphatic rings. The first-order valence-corrected chi connectivity index (χ1v) is 9.28. The normalized spacial score (nSPS) is 15.2. The van der Waals surface area contributed by atoms with Crippen molar-refractivity contribution in [3.63, 3.8) is 0 Å². The Morgan fingerprint density at radius 1 is 1.15 bits per heavy atom. The highest BCUT2D eigenvalue weighted by Crippen LogP contribution is 2.22. The lowest BCUT2D eigenvalue weighted by Gasteiger charge is -2.21. The molecule has 0 saturated carbocycles. The number of benzene rings is 1. The highest BCUT2D eigenvalue weighted by atomic mass is 16.5. The van der Waals surface area contributed by atoms with Crippen LogP contribution in [0.5, 0.6) is 0 Å². The summed E-state index contributed by atoms with van der Waals surface area (Å²) in [5.41, 5.74) is 3.27. The first-order chi connectivity index (χ1) is 12.6. The van der Waals surface area contributed by atoms with Gasteiger partial charge in [-0.3, -0.25) is 9.69 Å². The van der Waals surface area contributed by atoms with Crippen molar-refractivity contribution in [1.29, 1.82) is 0 Å². The van der Waals surface area contributed by atoms with Crippen LogP contribution in [-0.4, -0.2) is 54.5 Å². The van der Waals surface area contributed by atoms with E-state index in [1.807, 2.05) is 6.07 Å². The Balaban J connectivity index is 1.94. The van der Waals surface area contributed by atoms with E-state index in [9.17, 15) is 9.59 Å². The predicted molar refractivity (Wildman–Crippen MR) is 103 cm³/mol. The maximum Gasteiger partial charge on any atom is 0.414 e. The van der Waals surface area contributed by atoms with E-state index in [1.165, 1.54) is 0 Å². The van der Waals surface area contributed by atoms with E-state index in [0.717, 1.165) is 48.9 Å². The number of amides is 2. The van der Waals surface area contributed by atoms with E-state index in [0.29, 0.717) is 26.2 Å². The lowest BCUT2D eigenvalue weighted by atomic mass is 10.0. The topological polar surface area (TPSA) is 61.9 Å². The largest absolute Gasteiger partial charge is 0.419 e. The average Bonchev–Trinajstić information content (AvgIpc) is 2.87. The van der Waals surface area contributed by atoms with Crippen LogP contribution >= 0.6 is 0 Å². The molecule has 1 aromatic carbocycles. The molecule has 0 atom stereocenters. The van der Waals surface area contributed by atoms with E-state index in [1.54, 1.807) is 4.90 Å². The first kappa shape index (κ1) is 20.0. The van der Waals surface area contributed by atoms with Crippen LogP contribution in [0.25, 0.3) is 0 Å². The molecule has 0 spiro atoms. The van der Waals surface area contributed by atoms with E-state index in [-0.39, 0.29) is 12.0 Å². The number of hydrogen-bond acceptors (Lipinski definition) is 4. The van der Waals surface area contributed by atoms with Gasteiger partial charge in [-0.15, -0.1) is 0 Å². The number of rotatable bonds is 6. The zero-order valence-electron chi connectivity index (χ0n) is 15.8. The van der Waals surface area contributed by atoms with Crippen LogP contribution in [0.4, 0.5) is 10.5 Å². The highest BCUT2D eigenvalue weighted by Gasteiger charge is 2.21. The van der Waals surface area contributed by atoms with E-state index < -0.39 is 0 Å². The van der Waals surface area contributed by atoms with Gasteiger partial charge in [0.2, 0.25) is 5.91 Å². The maximum absolute atomic E-state index is 12.6. The molecule has 142 valence electrons. The van der Waals surface area contributed by atoms with Crippen molar-refractivity contribution in [3.05, 3.63) is 42.2 Å². The molecular formula is C20H29N3O3. The monoisotopic (exact) mass is 359 g/mol. The van der Waals surface area contributed by atoms with Gasteiger partial charge < -0.3 is 15.0 Å². The molecule has 0 radical (unpaired) electrons. The molecule has 6 nitrogen and oxygen atoms in total. The van der Waals surface area contributed by atoms with Gasteiger partial charge in [0.05, 0.1) is 12.8 Å². The standard InChI is InChI=1S/C20H29N3O3/c1-4-16-9-7-10-17(5-2)19(16)21-18(24)15-22-11-8-12-23(14-13-22)20(25)26-6-3/h6-7,9-10H,3-5,8,11-15H2,1-2H3,(H,21,24). The molecule has 6 heteroatoms. The molecule has 0 unspecified atom stereocenters. The zero-order chi connectivity index (χ0) is 18.9. The summed E-state index contributed by atoms with van der Waals surface area (Å²) in [5.74, 6) is -0.0114. The van der Waals surface area contributed by atoms with Gasteiger partial charge in [-0.2, -0.15) is 0 Å². The van der Waals surface area contributed by atoms with Crippen LogP contribution in [0.15, 0.2) is 31.0 Å². The number of hydrogen-bond donors (Lipinski definition) is 1. The second kappa shape index (κ2) is 9.97. The molecule has 1 heterocycles. The molecule has 1 N–H and O–H groups in total.